The number of benzene rings is 3. The third-order valence-corrected chi connectivity index (χ3v) is 7.48. The molecule has 5 rings (SSSR count). The van der Waals surface area contributed by atoms with Gasteiger partial charge in [0.15, 0.2) is 0 Å². The number of carbonyl (C=O) groups is 3. The normalized spacial score (nSPS) is 14.3. The van der Waals surface area contributed by atoms with E-state index in [0.717, 1.165) is 44.4 Å². The number of amides is 3. The molecule has 3 amide bonds. The van der Waals surface area contributed by atoms with E-state index in [-0.39, 0.29) is 4.91 Å². The topological polar surface area (TPSA) is 95.2 Å². The molecule has 3 aromatic carbocycles. The first-order chi connectivity index (χ1) is 18.4. The van der Waals surface area contributed by atoms with Crippen molar-refractivity contribution in [1.29, 1.82) is 5.26 Å². The lowest BCUT2D eigenvalue weighted by Gasteiger charge is -2.12. The van der Waals surface area contributed by atoms with E-state index < -0.39 is 23.6 Å². The molecule has 0 bridgehead atoms. The quantitative estimate of drug-likeness (QED) is 0.294. The zero-order valence-corrected chi connectivity index (χ0v) is 21.8. The fourth-order valence-corrected chi connectivity index (χ4v) is 5.37. The van der Waals surface area contributed by atoms with Crippen LogP contribution < -0.4 is 5.32 Å². The van der Waals surface area contributed by atoms with Crippen molar-refractivity contribution < 1.29 is 14.4 Å². The lowest BCUT2D eigenvalue weighted by Crippen LogP contribution is -2.36. The molecule has 188 valence electrons. The van der Waals surface area contributed by atoms with Gasteiger partial charge >= 0.3 is 0 Å². The predicted octanol–water partition coefficient (Wildman–Crippen LogP) is 6.20. The Bertz CT molecular complexity index is 1670. The van der Waals surface area contributed by atoms with Crippen LogP contribution in [0.2, 0.25) is 5.02 Å². The van der Waals surface area contributed by atoms with Gasteiger partial charge in [0.05, 0.1) is 16.5 Å². The molecule has 38 heavy (non-hydrogen) atoms. The summed E-state index contributed by atoms with van der Waals surface area (Å²) in [5.41, 5.74) is 4.66. The number of imide groups is 1. The highest BCUT2D eigenvalue weighted by Crippen LogP contribution is 2.36. The molecule has 1 aliphatic rings. The highest BCUT2D eigenvalue weighted by atomic mass is 35.5. The predicted molar refractivity (Wildman–Crippen MR) is 150 cm³/mol. The van der Waals surface area contributed by atoms with Gasteiger partial charge in [0.1, 0.15) is 6.54 Å². The van der Waals surface area contributed by atoms with Crippen LogP contribution >= 0.6 is 23.4 Å². The summed E-state index contributed by atoms with van der Waals surface area (Å²) in [6.45, 7) is 2.04. The van der Waals surface area contributed by atoms with Crippen LogP contribution in [0.5, 0.6) is 0 Å². The van der Waals surface area contributed by atoms with Gasteiger partial charge in [-0.15, -0.1) is 0 Å². The van der Waals surface area contributed by atoms with Crippen molar-refractivity contribution in [1.82, 2.24) is 9.47 Å². The van der Waals surface area contributed by atoms with Crippen LogP contribution in [0, 0.1) is 18.3 Å². The minimum atomic E-state index is -0.516. The molecule has 1 N–H and O–H groups in total. The Morgan fingerprint density at radius 3 is 2.53 bits per heavy atom. The molecule has 2 heterocycles. The van der Waals surface area contributed by atoms with Crippen LogP contribution in [0.1, 0.15) is 22.4 Å². The SMILES string of the molecule is Cc1c(/C=C2\SC(=O)N(CC(=O)Nc3ccc(Cl)cc3)C2=O)c2ccccc2n1Cc1ccccc1C#N. The Morgan fingerprint density at radius 1 is 1.05 bits per heavy atom. The molecule has 1 aliphatic heterocycles. The maximum absolute atomic E-state index is 13.2. The van der Waals surface area contributed by atoms with Crippen molar-refractivity contribution in [3.05, 3.63) is 105 Å². The number of halogens is 1. The van der Waals surface area contributed by atoms with Crippen molar-refractivity contribution in [2.45, 2.75) is 13.5 Å². The van der Waals surface area contributed by atoms with E-state index in [9.17, 15) is 19.6 Å². The molecule has 0 aliphatic carbocycles. The number of rotatable bonds is 6. The fraction of sp³-hybridized carbons (Fsp3) is 0.103. The molecule has 1 saturated heterocycles. The van der Waals surface area contributed by atoms with E-state index >= 15 is 0 Å². The molecule has 1 aromatic heterocycles. The summed E-state index contributed by atoms with van der Waals surface area (Å²) in [5, 5.41) is 13.2. The molecule has 4 aromatic rings. The van der Waals surface area contributed by atoms with Crippen molar-refractivity contribution in [3.8, 4) is 6.07 Å². The highest BCUT2D eigenvalue weighted by Gasteiger charge is 2.36. The van der Waals surface area contributed by atoms with Crippen LogP contribution in [-0.4, -0.2) is 33.1 Å². The van der Waals surface area contributed by atoms with Crippen LogP contribution in [0.25, 0.3) is 17.0 Å². The lowest BCUT2D eigenvalue weighted by molar-refractivity contribution is -0.127. The van der Waals surface area contributed by atoms with Gasteiger partial charge in [-0.3, -0.25) is 19.3 Å². The minimum absolute atomic E-state index is 0.248. The first-order valence-corrected chi connectivity index (χ1v) is 12.9. The van der Waals surface area contributed by atoms with Crippen LogP contribution in [-0.2, 0) is 16.1 Å². The van der Waals surface area contributed by atoms with E-state index in [1.165, 1.54) is 0 Å². The number of carbonyl (C=O) groups excluding carboxylic acids is 3. The number of aromatic nitrogens is 1. The zero-order chi connectivity index (χ0) is 26.8. The van der Waals surface area contributed by atoms with Gasteiger partial charge in [0.25, 0.3) is 11.1 Å². The summed E-state index contributed by atoms with van der Waals surface area (Å²) in [6, 6.07) is 24.0. The van der Waals surface area contributed by atoms with E-state index in [2.05, 4.69) is 16.0 Å². The number of thioether (sulfide) groups is 1. The molecular formula is C29H21ClN4O3S. The Labute approximate surface area is 228 Å². The summed E-state index contributed by atoms with van der Waals surface area (Å²) in [4.78, 5) is 39.5. The van der Waals surface area contributed by atoms with Gasteiger partial charge in [0.2, 0.25) is 5.91 Å². The van der Waals surface area contributed by atoms with Crippen LogP contribution in [0.4, 0.5) is 10.5 Å². The molecule has 0 saturated carbocycles. The first kappa shape index (κ1) is 25.3. The Kier molecular flexibility index (Phi) is 7.05. The Hall–Kier alpha value is -4.32. The monoisotopic (exact) mass is 540 g/mol. The third-order valence-electron chi connectivity index (χ3n) is 6.32. The van der Waals surface area contributed by atoms with Gasteiger partial charge in [-0.25, -0.2) is 0 Å². The van der Waals surface area contributed by atoms with Gasteiger partial charge in [-0.2, -0.15) is 5.26 Å². The van der Waals surface area contributed by atoms with Gasteiger partial charge in [-0.1, -0.05) is 48.0 Å². The van der Waals surface area contributed by atoms with Crippen LogP contribution in [0.3, 0.4) is 0 Å². The van der Waals surface area contributed by atoms with E-state index in [0.29, 0.717) is 22.8 Å². The average Bonchev–Trinajstić information content (AvgIpc) is 3.33. The van der Waals surface area contributed by atoms with E-state index in [1.54, 1.807) is 36.4 Å². The number of nitrogens with one attached hydrogen (secondary N) is 1. The third kappa shape index (κ3) is 4.94. The number of hydrogen-bond donors (Lipinski definition) is 1. The number of hydrogen-bond acceptors (Lipinski definition) is 5. The number of para-hydroxylation sites is 1. The number of anilines is 1. The second-order valence-electron chi connectivity index (χ2n) is 8.69. The molecule has 0 radical (unpaired) electrons. The van der Waals surface area contributed by atoms with Crippen molar-refractivity contribution >= 4 is 63.1 Å². The van der Waals surface area contributed by atoms with Gasteiger partial charge in [-0.05, 0) is 66.7 Å². The van der Waals surface area contributed by atoms with Crippen molar-refractivity contribution in [3.63, 3.8) is 0 Å². The summed E-state index contributed by atoms with van der Waals surface area (Å²) >= 11 is 6.69. The van der Waals surface area contributed by atoms with Crippen LogP contribution in [0.15, 0.2) is 77.7 Å². The molecule has 1 fully saturated rings. The number of nitriles is 1. The molecule has 9 heteroatoms. The van der Waals surface area contributed by atoms with Gasteiger partial charge < -0.3 is 9.88 Å². The summed E-state index contributed by atoms with van der Waals surface area (Å²) < 4.78 is 2.10. The molecule has 7 nitrogen and oxygen atoms in total. The first-order valence-electron chi connectivity index (χ1n) is 11.7. The number of nitrogens with zero attached hydrogens (tertiary/aromatic N) is 3. The fourth-order valence-electron chi connectivity index (χ4n) is 4.43. The maximum Gasteiger partial charge on any atom is 0.294 e. The van der Waals surface area contributed by atoms with Gasteiger partial charge in [0, 0.05) is 39.4 Å². The Balaban J connectivity index is 1.43. The maximum atomic E-state index is 13.2. The summed E-state index contributed by atoms with van der Waals surface area (Å²) in [5.74, 6) is -1.00. The van der Waals surface area contributed by atoms with Crippen molar-refractivity contribution in [2.75, 3.05) is 11.9 Å². The second-order valence-corrected chi connectivity index (χ2v) is 10.1. The van der Waals surface area contributed by atoms with E-state index in [4.69, 9.17) is 11.6 Å². The minimum Gasteiger partial charge on any atom is -0.340 e. The standard InChI is InChI=1S/C29H21ClN4O3S/c1-18-24(23-8-4-5-9-25(23)33(18)16-20-7-3-2-6-19(20)15-31)14-26-28(36)34(29(37)38-26)17-27(35)32-22-12-10-21(30)11-13-22/h2-14H,16-17H2,1H3,(H,32,35)/b26-14-. The molecule has 0 unspecified atom stereocenters. The molecule has 0 atom stereocenters. The average molecular weight is 541 g/mol. The van der Waals surface area contributed by atoms with E-state index in [1.807, 2.05) is 49.4 Å². The summed E-state index contributed by atoms with van der Waals surface area (Å²) in [7, 11) is 0. The molecule has 0 spiro atoms. The highest BCUT2D eigenvalue weighted by molar-refractivity contribution is 8.18. The zero-order valence-electron chi connectivity index (χ0n) is 20.3. The lowest BCUT2D eigenvalue weighted by atomic mass is 10.1. The van der Waals surface area contributed by atoms with Crippen molar-refractivity contribution in [2.24, 2.45) is 0 Å². The Morgan fingerprint density at radius 2 is 1.76 bits per heavy atom. The summed E-state index contributed by atoms with van der Waals surface area (Å²) in [6.07, 6.45) is 1.71. The number of fused-ring (bicyclic) bond motifs is 1. The molecular weight excluding hydrogens is 520 g/mol. The smallest absolute Gasteiger partial charge is 0.294 e. The second kappa shape index (κ2) is 10.6. The largest absolute Gasteiger partial charge is 0.340 e.